The molecule has 1 atom stereocenters. The number of rotatable bonds is 7. The minimum absolute atomic E-state index is 0.105. The Bertz CT molecular complexity index is 493. The van der Waals surface area contributed by atoms with Crippen molar-refractivity contribution in [2.24, 2.45) is 5.92 Å². The van der Waals surface area contributed by atoms with Gasteiger partial charge >= 0.3 is 0 Å². The van der Waals surface area contributed by atoms with Crippen LogP contribution >= 0.6 is 11.8 Å². The summed E-state index contributed by atoms with van der Waals surface area (Å²) in [5.41, 5.74) is 0. The van der Waals surface area contributed by atoms with E-state index in [1.54, 1.807) is 0 Å². The lowest BCUT2D eigenvalue weighted by molar-refractivity contribution is -0.119. The molecule has 0 radical (unpaired) electrons. The van der Waals surface area contributed by atoms with Gasteiger partial charge in [0.1, 0.15) is 5.82 Å². The summed E-state index contributed by atoms with van der Waals surface area (Å²) in [7, 11) is 0. The van der Waals surface area contributed by atoms with Crippen LogP contribution in [0.4, 0.5) is 0 Å². The number of nitrogens with one attached hydrogen (secondary N) is 1. The molecule has 2 aliphatic rings. The van der Waals surface area contributed by atoms with Gasteiger partial charge in [-0.2, -0.15) is 0 Å². The lowest BCUT2D eigenvalue weighted by Crippen LogP contribution is -2.35. The van der Waals surface area contributed by atoms with Gasteiger partial charge in [0.25, 0.3) is 0 Å². The van der Waals surface area contributed by atoms with Gasteiger partial charge in [-0.25, -0.2) is 0 Å². The number of hydrogen-bond donors (Lipinski definition) is 1. The molecule has 0 aromatic carbocycles. The van der Waals surface area contributed by atoms with Gasteiger partial charge in [0.05, 0.1) is 5.75 Å². The largest absolute Gasteiger partial charge is 0.353 e. The lowest BCUT2D eigenvalue weighted by atomic mass is 10.2. The Morgan fingerprint density at radius 3 is 2.75 bits per heavy atom. The van der Waals surface area contributed by atoms with E-state index in [1.165, 1.54) is 37.4 Å². The Morgan fingerprint density at radius 2 is 2.15 bits per heavy atom. The molecule has 2 fully saturated rings. The van der Waals surface area contributed by atoms with E-state index in [1.807, 2.05) is 0 Å². The van der Waals surface area contributed by atoms with Gasteiger partial charge in [0, 0.05) is 18.5 Å². The topological polar surface area (TPSA) is 59.8 Å². The second kappa shape index (κ2) is 5.76. The van der Waals surface area contributed by atoms with Gasteiger partial charge < -0.3 is 9.88 Å². The molecule has 3 rings (SSSR count). The number of aromatic nitrogens is 3. The molecule has 1 amide bonds. The fraction of sp³-hybridized carbons (Fsp3) is 0.786. The highest BCUT2D eigenvalue weighted by atomic mass is 32.2. The van der Waals surface area contributed by atoms with Gasteiger partial charge in [-0.15, -0.1) is 10.2 Å². The smallest absolute Gasteiger partial charge is 0.230 e. The molecule has 20 heavy (non-hydrogen) atoms. The number of nitrogens with zero attached hydrogens (tertiary/aromatic N) is 3. The van der Waals surface area contributed by atoms with E-state index in [4.69, 9.17) is 0 Å². The molecular weight excluding hydrogens is 272 g/mol. The SMILES string of the molecule is CCn1c(SCC(=O)N[C@@H](C)C2CC2)nnc1C1CC1. The third kappa shape index (κ3) is 3.16. The van der Waals surface area contributed by atoms with Crippen LogP contribution in [-0.2, 0) is 11.3 Å². The average Bonchev–Trinajstić information content (AvgIpc) is 3.31. The molecular formula is C14H22N4OS. The van der Waals surface area contributed by atoms with Gasteiger partial charge in [-0.05, 0) is 45.4 Å². The fourth-order valence-electron chi connectivity index (χ4n) is 2.49. The van der Waals surface area contributed by atoms with E-state index in [2.05, 4.69) is 33.9 Å². The fourth-order valence-corrected chi connectivity index (χ4v) is 3.31. The lowest BCUT2D eigenvalue weighted by Gasteiger charge is -2.12. The summed E-state index contributed by atoms with van der Waals surface area (Å²) in [5, 5.41) is 12.5. The number of carbonyl (C=O) groups is 1. The highest BCUT2D eigenvalue weighted by Crippen LogP contribution is 2.40. The molecule has 2 aliphatic carbocycles. The molecule has 110 valence electrons. The Balaban J connectivity index is 1.53. The molecule has 0 unspecified atom stereocenters. The van der Waals surface area contributed by atoms with Crippen molar-refractivity contribution in [2.45, 2.75) is 63.2 Å². The average molecular weight is 294 g/mol. The maximum atomic E-state index is 11.9. The first-order chi connectivity index (χ1) is 9.69. The first-order valence-electron chi connectivity index (χ1n) is 7.54. The van der Waals surface area contributed by atoms with Crippen LogP contribution in [0.15, 0.2) is 5.16 Å². The first kappa shape index (κ1) is 13.9. The summed E-state index contributed by atoms with van der Waals surface area (Å²) < 4.78 is 2.15. The minimum atomic E-state index is 0.105. The second-order valence-electron chi connectivity index (χ2n) is 5.84. The predicted octanol–water partition coefficient (Wildman–Crippen LogP) is 2.18. The molecule has 1 heterocycles. The molecule has 6 heteroatoms. The van der Waals surface area contributed by atoms with Crippen LogP contribution in [-0.4, -0.2) is 32.5 Å². The van der Waals surface area contributed by atoms with Crippen LogP contribution in [0.3, 0.4) is 0 Å². The maximum Gasteiger partial charge on any atom is 0.230 e. The molecule has 0 spiro atoms. The van der Waals surface area contributed by atoms with Crippen molar-refractivity contribution in [1.29, 1.82) is 0 Å². The van der Waals surface area contributed by atoms with E-state index in [0.717, 1.165) is 17.5 Å². The summed E-state index contributed by atoms with van der Waals surface area (Å²) in [5.74, 6) is 2.93. The Morgan fingerprint density at radius 1 is 1.40 bits per heavy atom. The molecule has 2 saturated carbocycles. The van der Waals surface area contributed by atoms with Gasteiger partial charge in [0.2, 0.25) is 5.91 Å². The minimum Gasteiger partial charge on any atom is -0.353 e. The molecule has 0 saturated heterocycles. The zero-order chi connectivity index (χ0) is 14.1. The molecule has 5 nitrogen and oxygen atoms in total. The van der Waals surface area contributed by atoms with Crippen LogP contribution in [0.2, 0.25) is 0 Å². The summed E-state index contributed by atoms with van der Waals surface area (Å²) in [6.45, 7) is 5.08. The van der Waals surface area contributed by atoms with Crippen molar-refractivity contribution in [3.05, 3.63) is 5.82 Å². The molecule has 1 aromatic rings. The Hall–Kier alpha value is -1.04. The summed E-state index contributed by atoms with van der Waals surface area (Å²) in [6, 6.07) is 0.314. The highest BCUT2D eigenvalue weighted by Gasteiger charge is 2.31. The molecule has 1 N–H and O–H groups in total. The molecule has 0 aliphatic heterocycles. The van der Waals surface area contributed by atoms with Crippen LogP contribution < -0.4 is 5.32 Å². The summed E-state index contributed by atoms with van der Waals surface area (Å²) in [4.78, 5) is 11.9. The Kier molecular flexibility index (Phi) is 4.01. The van der Waals surface area contributed by atoms with Crippen molar-refractivity contribution >= 4 is 17.7 Å². The third-order valence-corrected chi connectivity index (χ3v) is 5.02. The van der Waals surface area contributed by atoms with E-state index >= 15 is 0 Å². The maximum absolute atomic E-state index is 11.9. The van der Waals surface area contributed by atoms with Crippen molar-refractivity contribution in [3.63, 3.8) is 0 Å². The quantitative estimate of drug-likeness (QED) is 0.783. The van der Waals surface area contributed by atoms with Crippen LogP contribution in [0, 0.1) is 5.92 Å². The van der Waals surface area contributed by atoms with Crippen molar-refractivity contribution < 1.29 is 4.79 Å². The van der Waals surface area contributed by atoms with Crippen LogP contribution in [0.25, 0.3) is 0 Å². The molecule has 1 aromatic heterocycles. The first-order valence-corrected chi connectivity index (χ1v) is 8.52. The number of amides is 1. The van der Waals surface area contributed by atoms with E-state index < -0.39 is 0 Å². The van der Waals surface area contributed by atoms with Gasteiger partial charge in [-0.1, -0.05) is 11.8 Å². The normalized spacial score (nSPS) is 19.9. The van der Waals surface area contributed by atoms with Gasteiger partial charge in [0.15, 0.2) is 5.16 Å². The standard InChI is InChI=1S/C14H22N4OS/c1-3-18-13(11-6-7-11)16-17-14(18)20-8-12(19)15-9(2)10-4-5-10/h9-11H,3-8H2,1-2H3,(H,15,19)/t9-/m0/s1. The highest BCUT2D eigenvalue weighted by molar-refractivity contribution is 7.99. The predicted molar refractivity (Wildman–Crippen MR) is 78.7 cm³/mol. The monoisotopic (exact) mass is 294 g/mol. The van der Waals surface area contributed by atoms with E-state index in [0.29, 0.717) is 23.6 Å². The van der Waals surface area contributed by atoms with Crippen molar-refractivity contribution in [1.82, 2.24) is 20.1 Å². The Labute approximate surface area is 123 Å². The summed E-state index contributed by atoms with van der Waals surface area (Å²) >= 11 is 1.50. The summed E-state index contributed by atoms with van der Waals surface area (Å²) in [6.07, 6.45) is 4.96. The third-order valence-electron chi connectivity index (χ3n) is 4.05. The van der Waals surface area contributed by atoms with Crippen molar-refractivity contribution in [2.75, 3.05) is 5.75 Å². The second-order valence-corrected chi connectivity index (χ2v) is 6.78. The zero-order valence-electron chi connectivity index (χ0n) is 12.1. The van der Waals surface area contributed by atoms with E-state index in [-0.39, 0.29) is 5.91 Å². The zero-order valence-corrected chi connectivity index (χ0v) is 12.9. The van der Waals surface area contributed by atoms with Crippen molar-refractivity contribution in [3.8, 4) is 0 Å². The van der Waals surface area contributed by atoms with Crippen LogP contribution in [0.5, 0.6) is 0 Å². The number of thioether (sulfide) groups is 1. The number of carbonyl (C=O) groups excluding carboxylic acids is 1. The van der Waals surface area contributed by atoms with E-state index in [9.17, 15) is 4.79 Å². The number of hydrogen-bond acceptors (Lipinski definition) is 4. The van der Waals surface area contributed by atoms with Crippen LogP contribution in [0.1, 0.15) is 51.3 Å². The van der Waals surface area contributed by atoms with Gasteiger partial charge in [-0.3, -0.25) is 4.79 Å². The molecule has 0 bridgehead atoms.